The van der Waals surface area contributed by atoms with Crippen molar-refractivity contribution in [2.45, 2.75) is 12.1 Å². The molecule has 0 amide bonds. The van der Waals surface area contributed by atoms with E-state index in [1.54, 1.807) is 4.72 Å². The number of hydrogen-bond acceptors (Lipinski definition) is 6. The lowest BCUT2D eigenvalue weighted by Crippen LogP contribution is -2.22. The summed E-state index contributed by atoms with van der Waals surface area (Å²) in [6.07, 6.45) is -4.34. The zero-order valence-corrected chi connectivity index (χ0v) is 15.9. The normalized spacial score (nSPS) is 12.1. The molecule has 0 saturated heterocycles. The molecular weight excluding hydrogens is 451 g/mol. The molecule has 3 aromatic rings. The summed E-state index contributed by atoms with van der Waals surface area (Å²) in [6, 6.07) is 9.77. The molecule has 0 spiro atoms. The average Bonchev–Trinajstić information content (AvgIpc) is 3.10. The molecule has 14 heteroatoms. The van der Waals surface area contributed by atoms with E-state index in [2.05, 4.69) is 14.8 Å². The average molecular weight is 462 g/mol. The Morgan fingerprint density at radius 1 is 1.03 bits per heavy atom. The second-order valence-corrected chi connectivity index (χ2v) is 7.51. The molecule has 0 aliphatic rings. The van der Waals surface area contributed by atoms with Gasteiger partial charge in [0, 0.05) is 11.1 Å². The lowest BCUT2D eigenvalue weighted by atomic mass is 10.1. The van der Waals surface area contributed by atoms with Crippen LogP contribution in [0.2, 0.25) is 0 Å². The van der Waals surface area contributed by atoms with Gasteiger partial charge in [-0.3, -0.25) is 4.79 Å². The van der Waals surface area contributed by atoms with E-state index in [4.69, 9.17) is 0 Å². The molecule has 0 bridgehead atoms. The summed E-state index contributed by atoms with van der Waals surface area (Å²) in [7, 11) is -5.12. The molecule has 0 atom stereocenters. The van der Waals surface area contributed by atoms with Crippen LogP contribution in [0.15, 0.2) is 48.5 Å². The molecule has 0 unspecified atom stereocenters. The van der Waals surface area contributed by atoms with Crippen LogP contribution in [0.3, 0.4) is 0 Å². The molecule has 0 fully saturated rings. The number of alkyl halides is 5. The summed E-state index contributed by atoms with van der Waals surface area (Å²) in [5, 5.41) is 4.04. The van der Waals surface area contributed by atoms with Crippen LogP contribution in [-0.4, -0.2) is 41.6 Å². The first kappa shape index (κ1) is 22.1. The number of carbonyl (C=O) groups excluding carboxylic acids is 1. The van der Waals surface area contributed by atoms with E-state index >= 15 is 0 Å². The van der Waals surface area contributed by atoms with E-state index in [0.717, 1.165) is 28.9 Å². The maximum atomic E-state index is 12.8. The summed E-state index contributed by atoms with van der Waals surface area (Å²) in [4.78, 5) is 14.7. The van der Waals surface area contributed by atoms with Crippen LogP contribution in [0.5, 0.6) is 5.75 Å². The lowest BCUT2D eigenvalue weighted by molar-refractivity contribution is -0.274. The second kappa shape index (κ2) is 8.29. The van der Waals surface area contributed by atoms with Gasteiger partial charge in [-0.1, -0.05) is 24.3 Å². The van der Waals surface area contributed by atoms with Gasteiger partial charge < -0.3 is 4.74 Å². The number of nitrogens with zero attached hydrogens (tertiary/aromatic N) is 3. The minimum atomic E-state index is -5.12. The van der Waals surface area contributed by atoms with Crippen LogP contribution in [0.25, 0.3) is 17.1 Å². The Kier molecular flexibility index (Phi) is 5.92. The molecule has 0 radical (unpaired) electrons. The Morgan fingerprint density at radius 3 is 2.16 bits per heavy atom. The van der Waals surface area contributed by atoms with Crippen LogP contribution in [0.1, 0.15) is 10.4 Å². The fourth-order valence-corrected chi connectivity index (χ4v) is 2.83. The molecule has 164 valence electrons. The predicted molar refractivity (Wildman–Crippen MR) is 97.4 cm³/mol. The van der Waals surface area contributed by atoms with Crippen molar-refractivity contribution >= 4 is 22.3 Å². The molecule has 1 heterocycles. The van der Waals surface area contributed by atoms with Crippen molar-refractivity contribution in [1.29, 1.82) is 0 Å². The molecule has 8 nitrogen and oxygen atoms in total. The highest BCUT2D eigenvalue weighted by Crippen LogP contribution is 2.26. The standard InChI is InChI=1S/C17H11F5N4O4S/c18-15(19)31(28,29)25-16-23-14(11-3-1-10(9-27)2-4-11)24-26(16)12-5-7-13(8-6-12)30-17(20,21)22/h1-9,15H,(H,23,24,25). The van der Waals surface area contributed by atoms with Gasteiger partial charge in [0.15, 0.2) is 5.82 Å². The number of nitrogens with one attached hydrogen (secondary N) is 1. The zero-order valence-electron chi connectivity index (χ0n) is 15.0. The number of sulfonamides is 1. The first-order valence-corrected chi connectivity index (χ1v) is 9.72. The zero-order chi connectivity index (χ0) is 22.8. The lowest BCUT2D eigenvalue weighted by Gasteiger charge is -2.10. The molecular formula is C17H11F5N4O4S. The molecule has 0 aliphatic heterocycles. The second-order valence-electron chi connectivity index (χ2n) is 5.86. The summed E-state index contributed by atoms with van der Waals surface area (Å²) in [6.45, 7) is 0. The number of rotatable bonds is 7. The van der Waals surface area contributed by atoms with Gasteiger partial charge in [-0.05, 0) is 24.3 Å². The first-order valence-electron chi connectivity index (χ1n) is 8.17. The van der Waals surface area contributed by atoms with E-state index in [1.807, 2.05) is 0 Å². The van der Waals surface area contributed by atoms with E-state index in [1.165, 1.54) is 24.3 Å². The van der Waals surface area contributed by atoms with Gasteiger partial charge in [-0.25, -0.2) is 13.1 Å². The number of aldehydes is 1. The minimum absolute atomic E-state index is 0.00440. The Morgan fingerprint density at radius 2 is 1.65 bits per heavy atom. The van der Waals surface area contributed by atoms with Gasteiger partial charge in [0.1, 0.15) is 12.0 Å². The molecule has 31 heavy (non-hydrogen) atoms. The smallest absolute Gasteiger partial charge is 0.406 e. The molecule has 0 aliphatic carbocycles. The van der Waals surface area contributed by atoms with E-state index in [0.29, 0.717) is 17.4 Å². The Labute approximate surface area is 171 Å². The number of carbonyl (C=O) groups is 1. The Hall–Kier alpha value is -3.55. The Balaban J connectivity index is 2.04. The van der Waals surface area contributed by atoms with Crippen molar-refractivity contribution < 1.29 is 39.9 Å². The summed E-state index contributed by atoms with van der Waals surface area (Å²) >= 11 is 0. The fraction of sp³-hybridized carbons (Fsp3) is 0.118. The van der Waals surface area contributed by atoms with Crippen LogP contribution >= 0.6 is 0 Å². The van der Waals surface area contributed by atoms with Crippen molar-refractivity contribution in [2.75, 3.05) is 4.72 Å². The number of hydrogen-bond donors (Lipinski definition) is 1. The first-order chi connectivity index (χ1) is 14.5. The maximum Gasteiger partial charge on any atom is 0.573 e. The van der Waals surface area contributed by atoms with Crippen molar-refractivity contribution in [3.8, 4) is 22.8 Å². The number of halogens is 5. The topological polar surface area (TPSA) is 103 Å². The highest BCUT2D eigenvalue weighted by atomic mass is 32.2. The van der Waals surface area contributed by atoms with Crippen molar-refractivity contribution in [3.05, 3.63) is 54.1 Å². The van der Waals surface area contributed by atoms with E-state index < -0.39 is 33.8 Å². The number of aromatic nitrogens is 3. The number of ether oxygens (including phenoxy) is 1. The summed E-state index contributed by atoms with van der Waals surface area (Å²) in [5.74, 6) is -5.05. The largest absolute Gasteiger partial charge is 0.573 e. The van der Waals surface area contributed by atoms with Gasteiger partial charge in [-0.15, -0.1) is 18.3 Å². The predicted octanol–water partition coefficient (Wildman–Crippen LogP) is 3.61. The summed E-state index contributed by atoms with van der Waals surface area (Å²) < 4.78 is 91.9. The molecule has 1 N–H and O–H groups in total. The number of benzene rings is 2. The van der Waals surface area contributed by atoms with Gasteiger partial charge in [0.25, 0.3) is 10.0 Å². The molecule has 3 rings (SSSR count). The minimum Gasteiger partial charge on any atom is -0.406 e. The van der Waals surface area contributed by atoms with Crippen molar-refractivity contribution in [1.82, 2.24) is 14.8 Å². The quantitative estimate of drug-likeness (QED) is 0.425. The van der Waals surface area contributed by atoms with Crippen LogP contribution in [0.4, 0.5) is 27.9 Å². The van der Waals surface area contributed by atoms with Crippen molar-refractivity contribution in [2.24, 2.45) is 0 Å². The monoisotopic (exact) mass is 462 g/mol. The highest BCUT2D eigenvalue weighted by Gasteiger charge is 2.31. The van der Waals surface area contributed by atoms with Gasteiger partial charge >= 0.3 is 12.1 Å². The van der Waals surface area contributed by atoms with Crippen LogP contribution < -0.4 is 9.46 Å². The molecule has 1 aromatic heterocycles. The highest BCUT2D eigenvalue weighted by molar-refractivity contribution is 7.92. The number of anilines is 1. The fourth-order valence-electron chi connectivity index (χ4n) is 2.35. The maximum absolute atomic E-state index is 12.8. The van der Waals surface area contributed by atoms with Gasteiger partial charge in [0.2, 0.25) is 5.95 Å². The third-order valence-corrected chi connectivity index (χ3v) is 4.63. The molecule has 0 saturated carbocycles. The van der Waals surface area contributed by atoms with E-state index in [-0.39, 0.29) is 11.5 Å². The third kappa shape index (κ3) is 5.33. The van der Waals surface area contributed by atoms with Crippen LogP contribution in [0, 0.1) is 0 Å². The third-order valence-electron chi connectivity index (χ3n) is 3.70. The van der Waals surface area contributed by atoms with Gasteiger partial charge in [-0.2, -0.15) is 18.4 Å². The SMILES string of the molecule is O=Cc1ccc(-c2nc(NS(=O)(=O)C(F)F)n(-c3ccc(OC(F)(F)F)cc3)n2)cc1. The molecule has 2 aromatic carbocycles. The van der Waals surface area contributed by atoms with E-state index in [9.17, 15) is 35.2 Å². The van der Waals surface area contributed by atoms with Crippen LogP contribution in [-0.2, 0) is 10.0 Å². The summed E-state index contributed by atoms with van der Waals surface area (Å²) in [5.41, 5.74) is 0.658. The van der Waals surface area contributed by atoms with Crippen molar-refractivity contribution in [3.63, 3.8) is 0 Å². The Bertz CT molecular complexity index is 1180. The van der Waals surface area contributed by atoms with Gasteiger partial charge in [0.05, 0.1) is 5.69 Å².